The molecular formula is C11H17N3S. The van der Waals surface area contributed by atoms with Crippen LogP contribution in [0.4, 0.5) is 0 Å². The Morgan fingerprint density at radius 1 is 1.47 bits per heavy atom. The molecule has 2 bridgehead atoms. The first-order chi connectivity index (χ1) is 7.42. The summed E-state index contributed by atoms with van der Waals surface area (Å²) < 4.78 is 0. The SMILES string of the molecule is c1csc(CNC2CCN3CCC2C3)n1. The molecule has 2 fully saturated rings. The third-order valence-electron chi connectivity index (χ3n) is 3.63. The normalized spacial score (nSPS) is 34.5. The molecule has 0 aliphatic carbocycles. The zero-order valence-corrected chi connectivity index (χ0v) is 9.67. The molecule has 4 heteroatoms. The minimum absolute atomic E-state index is 0.729. The second-order valence-corrected chi connectivity index (χ2v) is 5.53. The average molecular weight is 223 g/mol. The van der Waals surface area contributed by atoms with E-state index in [0.717, 1.165) is 18.5 Å². The maximum Gasteiger partial charge on any atom is 0.106 e. The third-order valence-corrected chi connectivity index (χ3v) is 4.41. The van der Waals surface area contributed by atoms with Gasteiger partial charge in [0, 0.05) is 30.7 Å². The number of aromatic nitrogens is 1. The highest BCUT2D eigenvalue weighted by molar-refractivity contribution is 7.09. The number of rotatable bonds is 3. The van der Waals surface area contributed by atoms with Crippen molar-refractivity contribution in [1.29, 1.82) is 0 Å². The fraction of sp³-hybridized carbons (Fsp3) is 0.727. The minimum atomic E-state index is 0.729. The molecule has 1 N–H and O–H groups in total. The van der Waals surface area contributed by atoms with Gasteiger partial charge in [0.1, 0.15) is 5.01 Å². The highest BCUT2D eigenvalue weighted by atomic mass is 32.1. The lowest BCUT2D eigenvalue weighted by Crippen LogP contribution is -2.43. The second kappa shape index (κ2) is 4.20. The summed E-state index contributed by atoms with van der Waals surface area (Å²) in [6.45, 7) is 4.88. The van der Waals surface area contributed by atoms with Crippen LogP contribution in [0.2, 0.25) is 0 Å². The number of nitrogens with one attached hydrogen (secondary N) is 1. The van der Waals surface area contributed by atoms with Crippen LogP contribution in [0.1, 0.15) is 17.8 Å². The highest BCUT2D eigenvalue weighted by Gasteiger charge is 2.33. The fourth-order valence-electron chi connectivity index (χ4n) is 2.78. The van der Waals surface area contributed by atoms with Crippen molar-refractivity contribution in [2.75, 3.05) is 19.6 Å². The maximum atomic E-state index is 4.31. The lowest BCUT2D eigenvalue weighted by molar-refractivity contribution is 0.220. The predicted molar refractivity (Wildman–Crippen MR) is 61.9 cm³/mol. The summed E-state index contributed by atoms with van der Waals surface area (Å²) in [5.74, 6) is 0.888. The van der Waals surface area contributed by atoms with E-state index in [1.165, 1.54) is 37.5 Å². The van der Waals surface area contributed by atoms with Gasteiger partial charge in [-0.1, -0.05) is 0 Å². The standard InChI is InChI=1S/C11H17N3S/c1-4-14-5-2-10(9(1)8-14)13-7-11-12-3-6-15-11/h3,6,9-10,13H,1-2,4-5,7-8H2. The average Bonchev–Trinajstić information content (AvgIpc) is 2.88. The van der Waals surface area contributed by atoms with Crippen LogP contribution < -0.4 is 5.32 Å². The zero-order valence-electron chi connectivity index (χ0n) is 8.85. The highest BCUT2D eigenvalue weighted by Crippen LogP contribution is 2.27. The molecule has 1 aromatic rings. The Morgan fingerprint density at radius 3 is 3.27 bits per heavy atom. The molecule has 3 rings (SSSR count). The Balaban J connectivity index is 1.55. The first-order valence-electron chi connectivity index (χ1n) is 5.76. The molecule has 15 heavy (non-hydrogen) atoms. The largest absolute Gasteiger partial charge is 0.307 e. The number of thiazole rings is 1. The molecule has 2 aliphatic rings. The number of hydrogen-bond acceptors (Lipinski definition) is 4. The van der Waals surface area contributed by atoms with E-state index < -0.39 is 0 Å². The number of hydrogen-bond donors (Lipinski definition) is 1. The van der Waals surface area contributed by atoms with E-state index >= 15 is 0 Å². The number of fused-ring (bicyclic) bond motifs is 2. The molecule has 2 saturated heterocycles. The van der Waals surface area contributed by atoms with E-state index in [4.69, 9.17) is 0 Å². The summed E-state index contributed by atoms with van der Waals surface area (Å²) >= 11 is 1.75. The monoisotopic (exact) mass is 223 g/mol. The molecule has 3 unspecified atom stereocenters. The summed E-state index contributed by atoms with van der Waals surface area (Å²) in [5.41, 5.74) is 0. The van der Waals surface area contributed by atoms with Crippen LogP contribution in [-0.2, 0) is 6.54 Å². The first kappa shape index (κ1) is 9.75. The summed E-state index contributed by atoms with van der Waals surface area (Å²) in [6, 6.07) is 0.729. The van der Waals surface area contributed by atoms with Crippen LogP contribution in [0, 0.1) is 5.92 Å². The summed E-state index contributed by atoms with van der Waals surface area (Å²) in [7, 11) is 0. The van der Waals surface area contributed by atoms with E-state index in [2.05, 4.69) is 20.6 Å². The van der Waals surface area contributed by atoms with E-state index in [0.29, 0.717) is 0 Å². The molecule has 2 aliphatic heterocycles. The van der Waals surface area contributed by atoms with Gasteiger partial charge in [0.05, 0.1) is 0 Å². The van der Waals surface area contributed by atoms with Gasteiger partial charge < -0.3 is 10.2 Å². The molecule has 0 aromatic carbocycles. The first-order valence-corrected chi connectivity index (χ1v) is 6.64. The van der Waals surface area contributed by atoms with E-state index in [1.807, 2.05) is 6.20 Å². The summed E-state index contributed by atoms with van der Waals surface area (Å²) in [5, 5.41) is 6.94. The number of nitrogens with zero attached hydrogens (tertiary/aromatic N) is 2. The smallest absolute Gasteiger partial charge is 0.106 e. The lowest BCUT2D eigenvalue weighted by Gasteiger charge is -2.30. The molecule has 0 saturated carbocycles. The maximum absolute atomic E-state index is 4.31. The van der Waals surface area contributed by atoms with E-state index in [-0.39, 0.29) is 0 Å². The van der Waals surface area contributed by atoms with Crippen molar-refractivity contribution >= 4 is 11.3 Å². The summed E-state index contributed by atoms with van der Waals surface area (Å²) in [6.07, 6.45) is 4.59. The van der Waals surface area contributed by atoms with E-state index in [1.54, 1.807) is 11.3 Å². The van der Waals surface area contributed by atoms with Crippen molar-refractivity contribution in [3.8, 4) is 0 Å². The Hall–Kier alpha value is -0.450. The Labute approximate surface area is 94.5 Å². The van der Waals surface area contributed by atoms with Gasteiger partial charge in [-0.25, -0.2) is 4.98 Å². The molecule has 3 heterocycles. The van der Waals surface area contributed by atoms with Gasteiger partial charge in [0.15, 0.2) is 0 Å². The summed E-state index contributed by atoms with van der Waals surface area (Å²) in [4.78, 5) is 6.90. The molecule has 3 nitrogen and oxygen atoms in total. The Morgan fingerprint density at radius 2 is 2.40 bits per heavy atom. The van der Waals surface area contributed by atoms with Crippen molar-refractivity contribution in [2.45, 2.75) is 25.4 Å². The topological polar surface area (TPSA) is 28.2 Å². The Kier molecular flexibility index (Phi) is 2.73. The molecule has 3 atom stereocenters. The molecule has 0 radical (unpaired) electrons. The third kappa shape index (κ3) is 2.07. The molecule has 0 amide bonds. The van der Waals surface area contributed by atoms with Crippen LogP contribution in [0.3, 0.4) is 0 Å². The van der Waals surface area contributed by atoms with Gasteiger partial charge >= 0.3 is 0 Å². The molecule has 1 aromatic heterocycles. The minimum Gasteiger partial charge on any atom is -0.307 e. The van der Waals surface area contributed by atoms with Crippen molar-refractivity contribution in [3.63, 3.8) is 0 Å². The van der Waals surface area contributed by atoms with Gasteiger partial charge in [-0.3, -0.25) is 0 Å². The van der Waals surface area contributed by atoms with Crippen molar-refractivity contribution < 1.29 is 0 Å². The van der Waals surface area contributed by atoms with Crippen molar-refractivity contribution in [3.05, 3.63) is 16.6 Å². The predicted octanol–water partition coefficient (Wildman–Crippen LogP) is 1.33. The van der Waals surface area contributed by atoms with Crippen LogP contribution in [-0.4, -0.2) is 35.6 Å². The van der Waals surface area contributed by atoms with Gasteiger partial charge in [-0.15, -0.1) is 11.3 Å². The van der Waals surface area contributed by atoms with Gasteiger partial charge in [0.25, 0.3) is 0 Å². The van der Waals surface area contributed by atoms with Crippen LogP contribution in [0.25, 0.3) is 0 Å². The van der Waals surface area contributed by atoms with Crippen LogP contribution >= 0.6 is 11.3 Å². The fourth-order valence-corrected chi connectivity index (χ4v) is 3.35. The number of piperidine rings is 1. The second-order valence-electron chi connectivity index (χ2n) is 4.55. The van der Waals surface area contributed by atoms with E-state index in [9.17, 15) is 0 Å². The van der Waals surface area contributed by atoms with Crippen LogP contribution in [0.5, 0.6) is 0 Å². The van der Waals surface area contributed by atoms with Crippen LogP contribution in [0.15, 0.2) is 11.6 Å². The Bertz CT molecular complexity index is 312. The quantitative estimate of drug-likeness (QED) is 0.838. The zero-order chi connectivity index (χ0) is 10.1. The van der Waals surface area contributed by atoms with Gasteiger partial charge in [0.2, 0.25) is 0 Å². The lowest BCUT2D eigenvalue weighted by atomic mass is 9.94. The molecule has 0 spiro atoms. The van der Waals surface area contributed by atoms with Crippen molar-refractivity contribution in [1.82, 2.24) is 15.2 Å². The molecule has 82 valence electrons. The van der Waals surface area contributed by atoms with Crippen molar-refractivity contribution in [2.24, 2.45) is 5.92 Å². The van der Waals surface area contributed by atoms with Gasteiger partial charge in [-0.2, -0.15) is 0 Å². The van der Waals surface area contributed by atoms with Gasteiger partial charge in [-0.05, 0) is 31.8 Å². The molecular weight excluding hydrogens is 206 g/mol.